The average molecular weight is 466 g/mol. The van der Waals surface area contributed by atoms with E-state index in [2.05, 4.69) is 88.4 Å². The summed E-state index contributed by atoms with van der Waals surface area (Å²) in [4.78, 5) is 0. The van der Waals surface area contributed by atoms with Crippen LogP contribution in [0.5, 0.6) is 0 Å². The molecule has 0 saturated heterocycles. The van der Waals surface area contributed by atoms with Gasteiger partial charge in [-0.3, -0.25) is 0 Å². The summed E-state index contributed by atoms with van der Waals surface area (Å²) in [5.41, 5.74) is 5.62. The molecule has 3 heteroatoms. The van der Waals surface area contributed by atoms with E-state index in [1.807, 2.05) is 13.5 Å². The fraction of sp³-hybridized carbons (Fsp3) is 0.280. The van der Waals surface area contributed by atoms with Crippen molar-refractivity contribution in [2.45, 2.75) is 41.2 Å². The van der Waals surface area contributed by atoms with Crippen molar-refractivity contribution in [3.05, 3.63) is 82.9 Å². The Morgan fingerprint density at radius 2 is 1.14 bits per heavy atom. The summed E-state index contributed by atoms with van der Waals surface area (Å²) in [7, 11) is 0.658. The molecule has 0 amide bonds. The zero-order valence-corrected chi connectivity index (χ0v) is 21.3. The van der Waals surface area contributed by atoms with Crippen molar-refractivity contribution >= 4 is 31.3 Å². The summed E-state index contributed by atoms with van der Waals surface area (Å²) in [6.45, 7) is 13.6. The Morgan fingerprint density at radius 3 is 1.43 bits per heavy atom. The van der Waals surface area contributed by atoms with Gasteiger partial charge in [0.15, 0.2) is 0 Å². The molecule has 4 aromatic carbocycles. The second-order valence-electron chi connectivity index (χ2n) is 6.72. The van der Waals surface area contributed by atoms with Crippen LogP contribution in [0.15, 0.2) is 60.7 Å². The maximum absolute atomic E-state index is 4.86. The number of aryl methyl sites for hydroxylation is 4. The van der Waals surface area contributed by atoms with Crippen molar-refractivity contribution in [1.29, 1.82) is 0 Å². The van der Waals surface area contributed by atoms with Crippen LogP contribution in [0, 0.1) is 27.7 Å². The Morgan fingerprint density at radius 1 is 0.750 bits per heavy atom. The van der Waals surface area contributed by atoms with E-state index in [1.54, 1.807) is 0 Å². The smallest absolute Gasteiger partial charge is 0.418 e. The van der Waals surface area contributed by atoms with Crippen LogP contribution < -0.4 is 0 Å². The first kappa shape index (κ1) is 24.8. The standard InChI is InChI=1S/2C11H11.C3H8OSi.Zr/c2*1-8-7-10-5-3-4-6-11(10)9(8)2;1-3-4-5-2;/h2*3-7H,1-2H3;3H2,1-2H3;/q2*-1;;+2. The average Bonchev–Trinajstić information content (AvgIpc) is 3.13. The van der Waals surface area contributed by atoms with Crippen molar-refractivity contribution in [2.24, 2.45) is 0 Å². The van der Waals surface area contributed by atoms with Gasteiger partial charge < -0.3 is 4.43 Å². The summed E-state index contributed by atoms with van der Waals surface area (Å²) in [5.74, 6) is 0. The quantitative estimate of drug-likeness (QED) is 0.228. The van der Waals surface area contributed by atoms with Gasteiger partial charge in [0.25, 0.3) is 0 Å². The molecule has 4 aromatic rings. The fourth-order valence-corrected chi connectivity index (χ4v) is 3.47. The van der Waals surface area contributed by atoms with Gasteiger partial charge >= 0.3 is 26.2 Å². The third kappa shape index (κ3) is 6.37. The molecule has 0 unspecified atom stereocenters. The third-order valence-electron chi connectivity index (χ3n) is 4.95. The van der Waals surface area contributed by atoms with Gasteiger partial charge in [-0.05, 0) is 13.5 Å². The second kappa shape index (κ2) is 12.3. The topological polar surface area (TPSA) is 9.23 Å². The molecule has 0 aliphatic heterocycles. The molecule has 0 atom stereocenters. The van der Waals surface area contributed by atoms with Gasteiger partial charge in [0.05, 0.1) is 0 Å². The Hall–Kier alpha value is -1.28. The molecule has 0 aromatic heterocycles. The van der Waals surface area contributed by atoms with E-state index in [4.69, 9.17) is 4.43 Å². The summed E-state index contributed by atoms with van der Waals surface area (Å²) < 4.78 is 4.86. The molecule has 144 valence electrons. The summed E-state index contributed by atoms with van der Waals surface area (Å²) >= 11 is 0. The molecule has 28 heavy (non-hydrogen) atoms. The number of fused-ring (bicyclic) bond motifs is 2. The minimum absolute atomic E-state index is 0. The molecular weight excluding hydrogens is 436 g/mol. The molecule has 4 rings (SSSR count). The fourth-order valence-electron chi connectivity index (χ4n) is 3.18. The van der Waals surface area contributed by atoms with E-state index in [9.17, 15) is 0 Å². The minimum Gasteiger partial charge on any atom is -0.418 e. The van der Waals surface area contributed by atoms with Crippen molar-refractivity contribution in [1.82, 2.24) is 0 Å². The van der Waals surface area contributed by atoms with Crippen LogP contribution in [0.25, 0.3) is 21.5 Å². The van der Waals surface area contributed by atoms with Crippen LogP contribution in [0.3, 0.4) is 0 Å². The maximum Gasteiger partial charge on any atom is 2.00 e. The predicted molar refractivity (Wildman–Crippen MR) is 121 cm³/mol. The van der Waals surface area contributed by atoms with Crippen LogP contribution >= 0.6 is 0 Å². The monoisotopic (exact) mass is 464 g/mol. The first-order valence-electron chi connectivity index (χ1n) is 9.51. The molecule has 0 aliphatic carbocycles. The van der Waals surface area contributed by atoms with Crippen LogP contribution in [0.2, 0.25) is 6.55 Å². The maximum atomic E-state index is 4.86. The summed E-state index contributed by atoms with van der Waals surface area (Å²) in [5, 5.41) is 5.51. The van der Waals surface area contributed by atoms with Crippen LogP contribution in [0.1, 0.15) is 29.2 Å². The van der Waals surface area contributed by atoms with E-state index >= 15 is 0 Å². The van der Waals surface area contributed by atoms with Crippen LogP contribution in [-0.4, -0.2) is 16.4 Å². The molecule has 0 fully saturated rings. The molecule has 0 bridgehead atoms. The molecule has 0 spiro atoms. The zero-order valence-electron chi connectivity index (χ0n) is 17.9. The van der Waals surface area contributed by atoms with Crippen molar-refractivity contribution in [3.63, 3.8) is 0 Å². The molecule has 2 radical (unpaired) electrons. The normalized spacial score (nSPS) is 9.93. The van der Waals surface area contributed by atoms with Gasteiger partial charge in [-0.25, -0.2) is 0 Å². The Kier molecular flexibility index (Phi) is 10.9. The molecule has 1 nitrogen and oxygen atoms in total. The van der Waals surface area contributed by atoms with Gasteiger partial charge in [0, 0.05) is 6.61 Å². The van der Waals surface area contributed by atoms with E-state index in [1.165, 1.54) is 43.8 Å². The van der Waals surface area contributed by atoms with Crippen LogP contribution in [0.4, 0.5) is 0 Å². The number of hydrogen-bond acceptors (Lipinski definition) is 1. The largest absolute Gasteiger partial charge is 2.00 e. The van der Waals surface area contributed by atoms with Gasteiger partial charge in [-0.15, -0.1) is 81.2 Å². The van der Waals surface area contributed by atoms with E-state index in [0.29, 0.717) is 9.76 Å². The van der Waals surface area contributed by atoms with Crippen molar-refractivity contribution < 1.29 is 30.6 Å². The number of rotatable bonds is 2. The molecular formula is C25H30OSiZr. The van der Waals surface area contributed by atoms with Gasteiger partial charge in [-0.1, -0.05) is 39.8 Å². The van der Waals surface area contributed by atoms with Gasteiger partial charge in [0.2, 0.25) is 9.76 Å². The number of hydrogen-bond donors (Lipinski definition) is 0. The first-order chi connectivity index (χ1) is 13.0. The summed E-state index contributed by atoms with van der Waals surface area (Å²) in [6, 6.07) is 21.5. The SMILES string of the molecule is CCO[Si]C.Cc1[cH-]c2ccccc2c1C.Cc1[cH-]c2ccccc2c1C.[Zr+2]. The zero-order chi connectivity index (χ0) is 19.8. The Labute approximate surface area is 191 Å². The van der Waals surface area contributed by atoms with E-state index in [0.717, 1.165) is 6.61 Å². The summed E-state index contributed by atoms with van der Waals surface area (Å²) in [6.07, 6.45) is 0. The Bertz CT molecular complexity index is 901. The first-order valence-corrected chi connectivity index (χ1v) is 10.9. The number of benzene rings is 2. The predicted octanol–water partition coefficient (Wildman–Crippen LogP) is 7.04. The second-order valence-corrected chi connectivity index (χ2v) is 7.41. The van der Waals surface area contributed by atoms with E-state index in [-0.39, 0.29) is 26.2 Å². The van der Waals surface area contributed by atoms with Gasteiger partial charge in [-0.2, -0.15) is 11.1 Å². The molecule has 0 saturated carbocycles. The van der Waals surface area contributed by atoms with Crippen LogP contribution in [-0.2, 0) is 30.6 Å². The van der Waals surface area contributed by atoms with Crippen molar-refractivity contribution in [2.75, 3.05) is 6.61 Å². The van der Waals surface area contributed by atoms with Gasteiger partial charge in [0.1, 0.15) is 0 Å². The molecule has 0 N–H and O–H groups in total. The van der Waals surface area contributed by atoms with Crippen molar-refractivity contribution in [3.8, 4) is 0 Å². The Balaban J connectivity index is 0.000000222. The van der Waals surface area contributed by atoms with E-state index < -0.39 is 0 Å². The third-order valence-corrected chi connectivity index (χ3v) is 5.52. The molecule has 0 aliphatic rings. The minimum atomic E-state index is 0. The molecule has 0 heterocycles.